The van der Waals surface area contributed by atoms with Crippen molar-refractivity contribution >= 4 is 15.9 Å². The molecule has 2 N–H and O–H groups in total. The maximum atomic E-state index is 10.4. The first-order valence-corrected chi connectivity index (χ1v) is 6.98. The Hall–Kier alpha value is -0.490. The van der Waals surface area contributed by atoms with Crippen LogP contribution >= 0.6 is 15.9 Å². The second-order valence-electron chi connectivity index (χ2n) is 5.07. The molecule has 100 valence electrons. The minimum Gasteiger partial charge on any atom is -0.390 e. The van der Waals surface area contributed by atoms with Gasteiger partial charge in [0, 0.05) is 35.4 Å². The molecule has 0 aromatic carbocycles. The number of halogens is 1. The molecular weight excluding hydrogens is 296 g/mol. The molecule has 0 amide bonds. The fourth-order valence-electron chi connectivity index (χ4n) is 2.26. The standard InChI is InChI=1S/C13H19BrN2O2/c1-13(17,7-12-9-18-5-4-15-12)6-11-3-2-10(14)8-16-11/h2-3,8,12,15,17H,4-7,9H2,1H3. The number of pyridine rings is 1. The molecule has 2 atom stereocenters. The highest BCUT2D eigenvalue weighted by Gasteiger charge is 2.27. The van der Waals surface area contributed by atoms with E-state index < -0.39 is 5.60 Å². The van der Waals surface area contributed by atoms with Crippen LogP contribution in [0.2, 0.25) is 0 Å². The smallest absolute Gasteiger partial charge is 0.0690 e. The van der Waals surface area contributed by atoms with Crippen LogP contribution in [0.1, 0.15) is 19.0 Å². The molecular formula is C13H19BrN2O2. The highest BCUT2D eigenvalue weighted by Crippen LogP contribution is 2.19. The molecule has 1 fully saturated rings. The zero-order chi connectivity index (χ0) is 13.0. The van der Waals surface area contributed by atoms with Crippen LogP contribution in [0.4, 0.5) is 0 Å². The zero-order valence-electron chi connectivity index (χ0n) is 10.5. The van der Waals surface area contributed by atoms with E-state index in [2.05, 4.69) is 26.2 Å². The number of nitrogens with zero attached hydrogens (tertiary/aromatic N) is 1. The van der Waals surface area contributed by atoms with Crippen LogP contribution in [0.15, 0.2) is 22.8 Å². The molecule has 1 aliphatic heterocycles. The maximum Gasteiger partial charge on any atom is 0.0690 e. The largest absolute Gasteiger partial charge is 0.390 e. The van der Waals surface area contributed by atoms with Crippen LogP contribution in [0.25, 0.3) is 0 Å². The summed E-state index contributed by atoms with van der Waals surface area (Å²) in [6, 6.07) is 4.10. The lowest BCUT2D eigenvalue weighted by Gasteiger charge is -2.31. The van der Waals surface area contributed by atoms with Gasteiger partial charge in [0.2, 0.25) is 0 Å². The van der Waals surface area contributed by atoms with Gasteiger partial charge in [0.05, 0.1) is 18.8 Å². The number of nitrogens with one attached hydrogen (secondary N) is 1. The molecule has 2 unspecified atom stereocenters. The number of aliphatic hydroxyl groups is 1. The van der Waals surface area contributed by atoms with E-state index in [1.807, 2.05) is 19.1 Å². The van der Waals surface area contributed by atoms with E-state index in [0.29, 0.717) is 19.4 Å². The number of rotatable bonds is 4. The molecule has 1 saturated heterocycles. The van der Waals surface area contributed by atoms with Crippen molar-refractivity contribution in [3.63, 3.8) is 0 Å². The number of morpholine rings is 1. The molecule has 2 heterocycles. The highest BCUT2D eigenvalue weighted by molar-refractivity contribution is 9.10. The van der Waals surface area contributed by atoms with Crippen molar-refractivity contribution < 1.29 is 9.84 Å². The third-order valence-corrected chi connectivity index (χ3v) is 3.50. The molecule has 0 saturated carbocycles. The average molecular weight is 315 g/mol. The third kappa shape index (κ3) is 4.31. The summed E-state index contributed by atoms with van der Waals surface area (Å²) in [6.07, 6.45) is 2.98. The summed E-state index contributed by atoms with van der Waals surface area (Å²) in [4.78, 5) is 4.30. The summed E-state index contributed by atoms with van der Waals surface area (Å²) in [5, 5.41) is 13.8. The van der Waals surface area contributed by atoms with Crippen molar-refractivity contribution in [2.75, 3.05) is 19.8 Å². The van der Waals surface area contributed by atoms with E-state index in [1.165, 1.54) is 0 Å². The van der Waals surface area contributed by atoms with Gasteiger partial charge < -0.3 is 15.2 Å². The summed E-state index contributed by atoms with van der Waals surface area (Å²) in [5.74, 6) is 0. The maximum absolute atomic E-state index is 10.4. The van der Waals surface area contributed by atoms with Crippen LogP contribution in [0, 0.1) is 0 Å². The predicted octanol–water partition coefficient (Wildman–Crippen LogP) is 1.52. The number of ether oxygens (including phenoxy) is 1. The van der Waals surface area contributed by atoms with Crippen molar-refractivity contribution in [1.29, 1.82) is 0 Å². The van der Waals surface area contributed by atoms with Gasteiger partial charge in [-0.3, -0.25) is 4.98 Å². The van der Waals surface area contributed by atoms with E-state index >= 15 is 0 Å². The Balaban J connectivity index is 1.91. The molecule has 1 aliphatic rings. The fraction of sp³-hybridized carbons (Fsp3) is 0.615. The van der Waals surface area contributed by atoms with Gasteiger partial charge in [0.15, 0.2) is 0 Å². The lowest BCUT2D eigenvalue weighted by atomic mass is 9.91. The fourth-order valence-corrected chi connectivity index (χ4v) is 2.49. The third-order valence-electron chi connectivity index (χ3n) is 3.04. The van der Waals surface area contributed by atoms with Gasteiger partial charge in [0.1, 0.15) is 0 Å². The minimum absolute atomic E-state index is 0.226. The summed E-state index contributed by atoms with van der Waals surface area (Å²) in [5.41, 5.74) is 0.138. The highest BCUT2D eigenvalue weighted by atomic mass is 79.9. The van der Waals surface area contributed by atoms with E-state index in [9.17, 15) is 5.11 Å². The SMILES string of the molecule is CC(O)(Cc1ccc(Br)cn1)CC1COCCN1. The Bertz CT molecular complexity index is 375. The van der Waals surface area contributed by atoms with Crippen LogP contribution in [0.3, 0.4) is 0 Å². The van der Waals surface area contributed by atoms with Gasteiger partial charge in [-0.2, -0.15) is 0 Å². The second-order valence-corrected chi connectivity index (χ2v) is 5.99. The topological polar surface area (TPSA) is 54.4 Å². The molecule has 5 heteroatoms. The number of aromatic nitrogens is 1. The zero-order valence-corrected chi connectivity index (χ0v) is 12.1. The van der Waals surface area contributed by atoms with Crippen LogP contribution in [-0.2, 0) is 11.2 Å². The van der Waals surface area contributed by atoms with Gasteiger partial charge in [-0.05, 0) is 41.4 Å². The first-order valence-electron chi connectivity index (χ1n) is 6.19. The first-order chi connectivity index (χ1) is 8.55. The predicted molar refractivity (Wildman–Crippen MR) is 73.5 cm³/mol. The minimum atomic E-state index is -0.765. The van der Waals surface area contributed by atoms with Crippen molar-refractivity contribution in [2.24, 2.45) is 0 Å². The van der Waals surface area contributed by atoms with Crippen LogP contribution in [-0.4, -0.2) is 41.5 Å². The Morgan fingerprint density at radius 3 is 3.06 bits per heavy atom. The van der Waals surface area contributed by atoms with Gasteiger partial charge in [-0.25, -0.2) is 0 Å². The molecule has 0 bridgehead atoms. The Morgan fingerprint density at radius 1 is 1.61 bits per heavy atom. The summed E-state index contributed by atoms with van der Waals surface area (Å²) in [7, 11) is 0. The molecule has 0 radical (unpaired) electrons. The van der Waals surface area contributed by atoms with E-state index in [4.69, 9.17) is 4.74 Å². The van der Waals surface area contributed by atoms with Crippen molar-refractivity contribution in [2.45, 2.75) is 31.4 Å². The van der Waals surface area contributed by atoms with Crippen molar-refractivity contribution in [3.8, 4) is 0 Å². The molecule has 0 aliphatic carbocycles. The lowest BCUT2D eigenvalue weighted by molar-refractivity contribution is 0.00597. The van der Waals surface area contributed by atoms with Crippen molar-refractivity contribution in [3.05, 3.63) is 28.5 Å². The molecule has 0 spiro atoms. The second kappa shape index (κ2) is 6.10. The Morgan fingerprint density at radius 2 is 2.44 bits per heavy atom. The van der Waals surface area contributed by atoms with Gasteiger partial charge in [-0.15, -0.1) is 0 Å². The van der Waals surface area contributed by atoms with E-state index in [1.54, 1.807) is 6.20 Å². The molecule has 4 nitrogen and oxygen atoms in total. The van der Waals surface area contributed by atoms with Crippen LogP contribution in [0.5, 0.6) is 0 Å². The summed E-state index contributed by atoms with van der Waals surface area (Å²) >= 11 is 3.35. The Kier molecular flexibility index (Phi) is 4.72. The van der Waals surface area contributed by atoms with Crippen LogP contribution < -0.4 is 5.32 Å². The number of hydrogen-bond donors (Lipinski definition) is 2. The van der Waals surface area contributed by atoms with E-state index in [-0.39, 0.29) is 6.04 Å². The number of hydrogen-bond acceptors (Lipinski definition) is 4. The van der Waals surface area contributed by atoms with Crippen molar-refractivity contribution in [1.82, 2.24) is 10.3 Å². The monoisotopic (exact) mass is 314 g/mol. The van der Waals surface area contributed by atoms with Gasteiger partial charge in [-0.1, -0.05) is 0 Å². The first kappa shape index (κ1) is 13.9. The molecule has 1 aromatic heterocycles. The lowest BCUT2D eigenvalue weighted by Crippen LogP contribution is -2.46. The quantitative estimate of drug-likeness (QED) is 0.884. The summed E-state index contributed by atoms with van der Waals surface area (Å²) < 4.78 is 6.35. The molecule has 2 rings (SSSR count). The normalized spacial score (nSPS) is 23.6. The molecule has 18 heavy (non-hydrogen) atoms. The molecule has 1 aromatic rings. The van der Waals surface area contributed by atoms with Gasteiger partial charge >= 0.3 is 0 Å². The summed E-state index contributed by atoms with van der Waals surface area (Å²) in [6.45, 7) is 4.14. The van der Waals surface area contributed by atoms with Gasteiger partial charge in [0.25, 0.3) is 0 Å². The average Bonchev–Trinajstić information content (AvgIpc) is 2.32. The van der Waals surface area contributed by atoms with E-state index in [0.717, 1.165) is 23.3 Å². The Labute approximate surface area is 116 Å².